The summed E-state index contributed by atoms with van der Waals surface area (Å²) in [6.45, 7) is 2.35. The zero-order valence-corrected chi connectivity index (χ0v) is 7.39. The van der Waals surface area contributed by atoms with Gasteiger partial charge in [0, 0.05) is 27.2 Å². The van der Waals surface area contributed by atoms with Gasteiger partial charge in [-0.1, -0.05) is 11.6 Å². The lowest BCUT2D eigenvalue weighted by Crippen LogP contribution is -2.55. The number of nitrogens with one attached hydrogen (secondary N) is 1. The molecule has 0 saturated carbocycles. The zero-order chi connectivity index (χ0) is 8.97. The van der Waals surface area contributed by atoms with Crippen LogP contribution in [0, 0.1) is 4.91 Å². The highest BCUT2D eigenvalue weighted by atomic mass is 35.5. The molecular weight excluding hydrogens is 178 g/mol. The topological polar surface area (TPSA) is 40.3 Å². The first kappa shape index (κ1) is 9.00. The molecule has 0 aliphatic heterocycles. The second-order valence-electron chi connectivity index (χ2n) is 2.18. The predicted octanol–water partition coefficient (Wildman–Crippen LogP) is 1.22. The largest absolute Gasteiger partial charge is 0.487 e. The molecule has 1 N–H and O–H groups in total. The van der Waals surface area contributed by atoms with Crippen LogP contribution in [0.5, 0.6) is 5.75 Å². The Kier molecular flexibility index (Phi) is 3.05. The summed E-state index contributed by atoms with van der Waals surface area (Å²) in [6.07, 6.45) is 0. The van der Waals surface area contributed by atoms with Gasteiger partial charge < -0.3 is 4.74 Å². The van der Waals surface area contributed by atoms with Gasteiger partial charge >= 0.3 is 0 Å². The van der Waals surface area contributed by atoms with Crippen LogP contribution in [0.1, 0.15) is 6.92 Å². The molecule has 12 heavy (non-hydrogen) atoms. The summed E-state index contributed by atoms with van der Waals surface area (Å²) in [4.78, 5) is 10.4. The van der Waals surface area contributed by atoms with Crippen molar-refractivity contribution in [1.82, 2.24) is 0 Å². The lowest BCUT2D eigenvalue weighted by atomic mass is 10.3. The van der Waals surface area contributed by atoms with Crippen molar-refractivity contribution >= 4 is 17.3 Å². The molecule has 4 heteroatoms. The van der Waals surface area contributed by atoms with Crippen molar-refractivity contribution in [1.29, 1.82) is 0 Å². The summed E-state index contributed by atoms with van der Waals surface area (Å²) in [6, 6.07) is 4.82. The average molecular weight is 187 g/mol. The second kappa shape index (κ2) is 4.07. The van der Waals surface area contributed by atoms with Gasteiger partial charge in [-0.15, -0.1) is 0 Å². The third-order valence-corrected chi connectivity index (χ3v) is 1.59. The standard InChI is InChI=1S/C8H8ClNO2/c1-2-12-8-5-6(9)3-4-7(8)10-11/h3-5H,2H2,1H3/p+1. The van der Waals surface area contributed by atoms with E-state index < -0.39 is 0 Å². The fourth-order valence-electron chi connectivity index (χ4n) is 0.855. The Morgan fingerprint density at radius 2 is 2.33 bits per heavy atom. The van der Waals surface area contributed by atoms with Gasteiger partial charge in [-0.2, -0.15) is 0 Å². The normalized spacial score (nSPS) is 9.50. The van der Waals surface area contributed by atoms with Gasteiger partial charge in [0.1, 0.15) is 0 Å². The monoisotopic (exact) mass is 186 g/mol. The van der Waals surface area contributed by atoms with Crippen LogP contribution in [0.25, 0.3) is 0 Å². The summed E-state index contributed by atoms with van der Waals surface area (Å²) < 4.78 is 5.16. The first-order valence-electron chi connectivity index (χ1n) is 3.58. The molecule has 0 aromatic heterocycles. The lowest BCUT2D eigenvalue weighted by Gasteiger charge is -2.00. The molecule has 0 fully saturated rings. The van der Waals surface area contributed by atoms with E-state index in [-0.39, 0.29) is 0 Å². The molecule has 1 rings (SSSR count). The highest BCUT2D eigenvalue weighted by Crippen LogP contribution is 2.23. The Morgan fingerprint density at radius 1 is 1.58 bits per heavy atom. The Morgan fingerprint density at radius 3 is 2.92 bits per heavy atom. The maximum absolute atomic E-state index is 10.4. The van der Waals surface area contributed by atoms with Crippen molar-refractivity contribution in [3.63, 3.8) is 0 Å². The maximum Gasteiger partial charge on any atom is 0.294 e. The third kappa shape index (κ3) is 1.95. The Balaban J connectivity index is 3.03. The molecule has 0 spiro atoms. The minimum Gasteiger partial charge on any atom is -0.487 e. The van der Waals surface area contributed by atoms with Crippen LogP contribution in [-0.2, 0) is 0 Å². The number of hydrogen-bond acceptors (Lipinski definition) is 2. The van der Waals surface area contributed by atoms with Gasteiger partial charge in [-0.3, -0.25) is 0 Å². The SMILES string of the molecule is CCOc1cc(Cl)ccc1[NH+]=O. The van der Waals surface area contributed by atoms with Crippen LogP contribution in [0.2, 0.25) is 5.02 Å². The molecule has 0 radical (unpaired) electrons. The van der Waals surface area contributed by atoms with E-state index in [4.69, 9.17) is 16.3 Å². The Bertz CT molecular complexity index is 288. The van der Waals surface area contributed by atoms with Crippen LogP contribution < -0.4 is 9.91 Å². The molecule has 64 valence electrons. The highest BCUT2D eigenvalue weighted by Gasteiger charge is 2.09. The quantitative estimate of drug-likeness (QED) is 0.771. The van der Waals surface area contributed by atoms with Gasteiger partial charge in [0.05, 0.1) is 6.61 Å². The van der Waals surface area contributed by atoms with E-state index in [9.17, 15) is 4.91 Å². The summed E-state index contributed by atoms with van der Waals surface area (Å²) in [5.74, 6) is 0.486. The van der Waals surface area contributed by atoms with Gasteiger partial charge in [-0.05, 0) is 13.0 Å². The molecule has 0 bridgehead atoms. The number of rotatable bonds is 3. The van der Waals surface area contributed by atoms with Crippen molar-refractivity contribution in [2.45, 2.75) is 6.92 Å². The van der Waals surface area contributed by atoms with Crippen molar-refractivity contribution < 1.29 is 9.91 Å². The first-order valence-corrected chi connectivity index (χ1v) is 3.96. The van der Waals surface area contributed by atoms with E-state index in [1.807, 2.05) is 6.92 Å². The Labute approximate surface area is 75.3 Å². The van der Waals surface area contributed by atoms with E-state index in [1.165, 1.54) is 0 Å². The lowest BCUT2D eigenvalue weighted by molar-refractivity contribution is -0.380. The molecular formula is C8H9ClNO2+. The van der Waals surface area contributed by atoms with E-state index in [2.05, 4.69) is 0 Å². The minimum absolute atomic E-state index is 0.404. The molecule has 1 aromatic carbocycles. The van der Waals surface area contributed by atoms with Crippen molar-refractivity contribution in [2.75, 3.05) is 6.61 Å². The van der Waals surface area contributed by atoms with Gasteiger partial charge in [-0.25, -0.2) is 0 Å². The summed E-state index contributed by atoms with van der Waals surface area (Å²) in [7, 11) is 0. The van der Waals surface area contributed by atoms with Gasteiger partial charge in [0.15, 0.2) is 5.75 Å². The summed E-state index contributed by atoms with van der Waals surface area (Å²) in [5, 5.41) is 2.33. The minimum atomic E-state index is 0.404. The first-order chi connectivity index (χ1) is 5.77. The van der Waals surface area contributed by atoms with Crippen molar-refractivity contribution in [3.05, 3.63) is 28.1 Å². The van der Waals surface area contributed by atoms with Crippen LogP contribution in [0.3, 0.4) is 0 Å². The molecule has 3 nitrogen and oxygen atoms in total. The van der Waals surface area contributed by atoms with Crippen LogP contribution in [0.15, 0.2) is 18.2 Å². The number of halogens is 1. The molecule has 0 heterocycles. The van der Waals surface area contributed by atoms with Crippen LogP contribution >= 0.6 is 11.6 Å². The average Bonchev–Trinajstić information content (AvgIpc) is 2.05. The van der Waals surface area contributed by atoms with Crippen LogP contribution in [0.4, 0.5) is 5.69 Å². The summed E-state index contributed by atoms with van der Waals surface area (Å²) >= 11 is 5.70. The summed E-state index contributed by atoms with van der Waals surface area (Å²) in [5.41, 5.74) is 0.404. The van der Waals surface area contributed by atoms with E-state index in [1.54, 1.807) is 23.4 Å². The molecule has 0 amide bonds. The number of nitroso groups, excluding NO2 is 1. The molecule has 0 atom stereocenters. The van der Waals surface area contributed by atoms with E-state index >= 15 is 0 Å². The highest BCUT2D eigenvalue weighted by molar-refractivity contribution is 6.30. The third-order valence-electron chi connectivity index (χ3n) is 1.35. The number of ether oxygens (including phenoxy) is 1. The number of benzene rings is 1. The Hall–Kier alpha value is -1.09. The number of hydrogen-bond donors (Lipinski definition) is 1. The molecule has 1 aromatic rings. The molecule has 0 aliphatic rings. The molecule has 0 aliphatic carbocycles. The fraction of sp³-hybridized carbons (Fsp3) is 0.250. The second-order valence-corrected chi connectivity index (χ2v) is 2.61. The van der Waals surface area contributed by atoms with Crippen molar-refractivity contribution in [3.8, 4) is 5.75 Å². The maximum atomic E-state index is 10.4. The van der Waals surface area contributed by atoms with Gasteiger partial charge in [0.2, 0.25) is 0 Å². The van der Waals surface area contributed by atoms with Crippen molar-refractivity contribution in [2.24, 2.45) is 0 Å². The molecule has 0 saturated heterocycles. The van der Waals surface area contributed by atoms with E-state index in [0.717, 1.165) is 0 Å². The van der Waals surface area contributed by atoms with Crippen LogP contribution in [-0.4, -0.2) is 6.61 Å². The predicted molar refractivity (Wildman–Crippen MR) is 46.6 cm³/mol. The molecule has 0 unspecified atom stereocenters. The van der Waals surface area contributed by atoms with Gasteiger partial charge in [0.25, 0.3) is 5.69 Å². The fourth-order valence-corrected chi connectivity index (χ4v) is 1.02. The smallest absolute Gasteiger partial charge is 0.294 e. The van der Waals surface area contributed by atoms with E-state index in [0.29, 0.717) is 23.1 Å². The zero-order valence-electron chi connectivity index (χ0n) is 6.63.